The van der Waals surface area contributed by atoms with Crippen LogP contribution in [-0.2, 0) is 11.9 Å². The van der Waals surface area contributed by atoms with E-state index in [1.807, 2.05) is 6.92 Å². The largest absolute Gasteiger partial charge is 0.246 e. The fourth-order valence-electron chi connectivity index (χ4n) is 0.157. The van der Waals surface area contributed by atoms with Crippen LogP contribution in [0.15, 0.2) is 0 Å². The molecule has 0 unspecified atom stereocenters. The highest BCUT2D eigenvalue weighted by Crippen LogP contribution is 1.64. The Morgan fingerprint density at radius 1 is 1.83 bits per heavy atom. The fraction of sp³-hybridized carbons (Fsp3) is 1.00. The van der Waals surface area contributed by atoms with Crippen LogP contribution in [0.2, 0.25) is 0 Å². The van der Waals surface area contributed by atoms with Crippen molar-refractivity contribution in [1.29, 1.82) is 0 Å². The lowest BCUT2D eigenvalue weighted by Crippen LogP contribution is -2.06. The maximum atomic E-state index is 9.55. The van der Waals surface area contributed by atoms with Gasteiger partial charge in [0.15, 0.2) is 0 Å². The first-order chi connectivity index (χ1) is 2.91. The highest BCUT2D eigenvalue weighted by molar-refractivity contribution is 7.63. The van der Waals surface area contributed by atoms with Gasteiger partial charge in [-0.25, -0.2) is 8.93 Å². The Bertz CT molecular complexity index is 39.8. The van der Waals surface area contributed by atoms with Crippen molar-refractivity contribution in [3.8, 4) is 0 Å². The monoisotopic (exact) mass is 107 g/mol. The summed E-state index contributed by atoms with van der Waals surface area (Å²) in [6.45, 7) is 2.86. The maximum Gasteiger partial charge on any atom is 0.0780 e. The van der Waals surface area contributed by atoms with Gasteiger partial charge in [0.1, 0.15) is 0 Å². The predicted octanol–water partition coefficient (Wildman–Crippen LogP) is -0.154. The van der Waals surface area contributed by atoms with Gasteiger partial charge in [-0.15, -0.1) is 0 Å². The van der Waals surface area contributed by atoms with Crippen LogP contribution in [0.5, 0.6) is 0 Å². The molecule has 0 aliphatic carbocycles. The van der Waals surface area contributed by atoms with Gasteiger partial charge < -0.3 is 0 Å². The lowest BCUT2D eigenvalue weighted by molar-refractivity contribution is 0.683. The summed E-state index contributed by atoms with van der Waals surface area (Å²) in [6.07, 6.45) is 1.04. The molecule has 0 spiro atoms. The molecule has 0 bridgehead atoms. The second-order valence-electron chi connectivity index (χ2n) is 0.999. The Hall–Kier alpha value is 0.110. The topological polar surface area (TPSA) is 29.1 Å². The van der Waals surface area contributed by atoms with Gasteiger partial charge in [0.2, 0.25) is 0 Å². The second kappa shape index (κ2) is 5.11. The van der Waals surface area contributed by atoms with E-state index in [0.29, 0.717) is 0 Å². The Balaban J connectivity index is 2.49. The van der Waals surface area contributed by atoms with Crippen molar-refractivity contribution in [3.05, 3.63) is 0 Å². The minimum absolute atomic E-state index is 0.0454. The van der Waals surface area contributed by atoms with E-state index >= 15 is 0 Å². The smallest absolute Gasteiger partial charge is 0.0780 e. The standard InChI is InChI=1S/C3H9NOS/c1-2-3-4-6-5/h6H,2-3H2,1H3,(H,4,5). The normalized spacial score (nSPS) is 8.83. The van der Waals surface area contributed by atoms with Crippen LogP contribution < -0.4 is 4.72 Å². The molecule has 0 aromatic carbocycles. The molecule has 6 heavy (non-hydrogen) atoms. The van der Waals surface area contributed by atoms with Crippen LogP contribution in [0, 0.1) is 0 Å². The molecule has 1 N–H and O–H groups in total. The van der Waals surface area contributed by atoms with Gasteiger partial charge in [0, 0.05) is 6.54 Å². The number of nitrogens with one attached hydrogen (secondary N) is 1. The molecule has 2 nitrogen and oxygen atoms in total. The summed E-state index contributed by atoms with van der Waals surface area (Å²) in [5.74, 6) is 0. The van der Waals surface area contributed by atoms with Crippen molar-refractivity contribution in [1.82, 2.24) is 4.72 Å². The van der Waals surface area contributed by atoms with Crippen LogP contribution in [0.25, 0.3) is 0 Å². The number of rotatable bonds is 3. The molecule has 0 atom stereocenters. The zero-order chi connectivity index (χ0) is 4.83. The first-order valence-electron chi connectivity index (χ1n) is 1.97. The highest BCUT2D eigenvalue weighted by atomic mass is 32.2. The van der Waals surface area contributed by atoms with Gasteiger partial charge in [-0.2, -0.15) is 0 Å². The van der Waals surface area contributed by atoms with E-state index in [1.54, 1.807) is 0 Å². The Labute approximate surface area is 41.6 Å². The van der Waals surface area contributed by atoms with E-state index in [9.17, 15) is 4.21 Å². The fourth-order valence-corrected chi connectivity index (χ4v) is 0.472. The molecule has 0 aliphatic heterocycles. The number of hydrogen-bond donors (Lipinski definition) is 2. The molecule has 3 heteroatoms. The summed E-state index contributed by atoms with van der Waals surface area (Å²) >= 11 is 0.0454. The molecule has 0 aliphatic rings. The second-order valence-corrected chi connectivity index (χ2v) is 1.50. The van der Waals surface area contributed by atoms with E-state index in [1.165, 1.54) is 0 Å². The van der Waals surface area contributed by atoms with Crippen molar-refractivity contribution in [2.24, 2.45) is 0 Å². The predicted molar refractivity (Wildman–Crippen MR) is 27.8 cm³/mol. The Morgan fingerprint density at radius 3 is 2.67 bits per heavy atom. The van der Waals surface area contributed by atoms with Crippen molar-refractivity contribution in [2.75, 3.05) is 6.54 Å². The van der Waals surface area contributed by atoms with Crippen LogP contribution in [0.4, 0.5) is 0 Å². The zero-order valence-electron chi connectivity index (χ0n) is 3.77. The molecular weight excluding hydrogens is 98.1 g/mol. The summed E-state index contributed by atoms with van der Waals surface area (Å²) in [7, 11) is 0. The molecule has 0 saturated carbocycles. The molecule has 0 rings (SSSR count). The van der Waals surface area contributed by atoms with Gasteiger partial charge >= 0.3 is 0 Å². The van der Waals surface area contributed by atoms with Crippen molar-refractivity contribution in [3.63, 3.8) is 0 Å². The lowest BCUT2D eigenvalue weighted by atomic mass is 10.5. The Kier molecular flexibility index (Phi) is 5.20. The van der Waals surface area contributed by atoms with Crippen molar-refractivity contribution < 1.29 is 4.21 Å². The van der Waals surface area contributed by atoms with Crippen LogP contribution >= 0.6 is 0 Å². The summed E-state index contributed by atoms with van der Waals surface area (Å²) in [4.78, 5) is 0. The molecule has 0 amide bonds. The highest BCUT2D eigenvalue weighted by Gasteiger charge is 1.70. The minimum Gasteiger partial charge on any atom is -0.246 e. The summed E-state index contributed by atoms with van der Waals surface area (Å²) in [5.41, 5.74) is 0. The molecular formula is C3H9NOS. The third-order valence-electron chi connectivity index (χ3n) is 0.426. The third kappa shape index (κ3) is 4.11. The SMILES string of the molecule is CCCN[SH]=O. The average Bonchev–Trinajstić information content (AvgIpc) is 1.61. The number of hydrogen-bond acceptors (Lipinski definition) is 1. The van der Waals surface area contributed by atoms with E-state index in [2.05, 4.69) is 4.72 Å². The molecule has 0 heterocycles. The first kappa shape index (κ1) is 6.11. The third-order valence-corrected chi connectivity index (χ3v) is 0.779. The van der Waals surface area contributed by atoms with Crippen LogP contribution in [0.3, 0.4) is 0 Å². The van der Waals surface area contributed by atoms with Gasteiger partial charge in [-0.05, 0) is 6.42 Å². The van der Waals surface area contributed by atoms with Gasteiger partial charge in [0.05, 0.1) is 11.9 Å². The minimum atomic E-state index is 0.0454. The molecule has 0 radical (unpaired) electrons. The van der Waals surface area contributed by atoms with Crippen LogP contribution in [0.1, 0.15) is 13.3 Å². The summed E-state index contributed by atoms with van der Waals surface area (Å²) in [6, 6.07) is 0. The van der Waals surface area contributed by atoms with Crippen LogP contribution in [-0.4, -0.2) is 10.8 Å². The van der Waals surface area contributed by atoms with E-state index < -0.39 is 0 Å². The maximum absolute atomic E-state index is 9.55. The first-order valence-corrected chi connectivity index (χ1v) is 2.78. The lowest BCUT2D eigenvalue weighted by Gasteiger charge is -1.84. The van der Waals surface area contributed by atoms with Gasteiger partial charge in [0.25, 0.3) is 0 Å². The quantitative estimate of drug-likeness (QED) is 0.381. The van der Waals surface area contributed by atoms with E-state index in [0.717, 1.165) is 13.0 Å². The van der Waals surface area contributed by atoms with Crippen molar-refractivity contribution >= 4 is 11.9 Å². The zero-order valence-corrected chi connectivity index (χ0v) is 4.66. The molecule has 0 saturated heterocycles. The molecule has 0 fully saturated rings. The molecule has 38 valence electrons. The molecule has 0 aromatic rings. The summed E-state index contributed by atoms with van der Waals surface area (Å²) in [5, 5.41) is 0. The van der Waals surface area contributed by atoms with Gasteiger partial charge in [-0.3, -0.25) is 0 Å². The van der Waals surface area contributed by atoms with Gasteiger partial charge in [-0.1, -0.05) is 6.92 Å². The van der Waals surface area contributed by atoms with E-state index in [-0.39, 0.29) is 11.9 Å². The molecule has 0 aromatic heterocycles. The summed E-state index contributed by atoms with van der Waals surface area (Å²) < 4.78 is 12.2. The average molecular weight is 107 g/mol. The number of thiol groups is 1. The van der Waals surface area contributed by atoms with Crippen molar-refractivity contribution in [2.45, 2.75) is 13.3 Å². The van der Waals surface area contributed by atoms with E-state index in [4.69, 9.17) is 0 Å². The Morgan fingerprint density at radius 2 is 2.50 bits per heavy atom.